The zero-order chi connectivity index (χ0) is 11.4. The maximum Gasteiger partial charge on any atom is 0.0899 e. The van der Waals surface area contributed by atoms with E-state index in [1.165, 1.54) is 5.56 Å². The van der Waals surface area contributed by atoms with E-state index in [9.17, 15) is 0 Å². The topological polar surface area (TPSA) is 29.3 Å². The molecule has 0 amide bonds. The summed E-state index contributed by atoms with van der Waals surface area (Å²) in [6, 6.07) is 7.89. The molecule has 0 bridgehead atoms. The molecule has 0 aliphatic heterocycles. The summed E-state index contributed by atoms with van der Waals surface area (Å²) in [4.78, 5) is 2.62. The fourth-order valence-electron chi connectivity index (χ4n) is 1.23. The van der Waals surface area contributed by atoms with Crippen LogP contribution in [0.5, 0.6) is 0 Å². The standard InChI is InChI=1S/C11H15ClN2S/c1-8(11(13)15)14(2)7-9-3-5-10(12)6-4-9/h3-6,8H,7H2,1-2H3,(H2,13,15). The highest BCUT2D eigenvalue weighted by molar-refractivity contribution is 7.80. The van der Waals surface area contributed by atoms with Gasteiger partial charge < -0.3 is 5.73 Å². The quantitative estimate of drug-likeness (QED) is 0.823. The van der Waals surface area contributed by atoms with Crippen molar-refractivity contribution in [1.29, 1.82) is 0 Å². The number of halogens is 1. The van der Waals surface area contributed by atoms with Crippen LogP contribution in [0.1, 0.15) is 12.5 Å². The second kappa shape index (κ2) is 5.45. The molecule has 0 aromatic heterocycles. The Morgan fingerprint density at radius 1 is 1.47 bits per heavy atom. The summed E-state index contributed by atoms with van der Waals surface area (Å²) in [5.74, 6) is 0. The Bertz CT molecular complexity index is 337. The lowest BCUT2D eigenvalue weighted by Gasteiger charge is -2.23. The molecule has 0 saturated heterocycles. The fraction of sp³-hybridized carbons (Fsp3) is 0.364. The molecule has 0 aliphatic carbocycles. The number of nitrogens with two attached hydrogens (primary N) is 1. The van der Waals surface area contributed by atoms with Crippen molar-refractivity contribution in [3.8, 4) is 0 Å². The van der Waals surface area contributed by atoms with Crippen molar-refractivity contribution in [2.24, 2.45) is 5.73 Å². The summed E-state index contributed by atoms with van der Waals surface area (Å²) in [6.07, 6.45) is 0. The van der Waals surface area contributed by atoms with Crippen LogP contribution in [0.4, 0.5) is 0 Å². The van der Waals surface area contributed by atoms with Crippen LogP contribution in [0.25, 0.3) is 0 Å². The van der Waals surface area contributed by atoms with E-state index < -0.39 is 0 Å². The predicted molar refractivity (Wildman–Crippen MR) is 69.2 cm³/mol. The van der Waals surface area contributed by atoms with E-state index in [1.54, 1.807) is 0 Å². The van der Waals surface area contributed by atoms with E-state index >= 15 is 0 Å². The predicted octanol–water partition coefficient (Wildman–Crippen LogP) is 2.45. The van der Waals surface area contributed by atoms with E-state index in [4.69, 9.17) is 29.6 Å². The van der Waals surface area contributed by atoms with Crippen LogP contribution < -0.4 is 5.73 Å². The molecule has 0 radical (unpaired) electrons. The number of rotatable bonds is 4. The molecule has 2 nitrogen and oxygen atoms in total. The molecule has 0 saturated carbocycles. The first kappa shape index (κ1) is 12.4. The van der Waals surface area contributed by atoms with Gasteiger partial charge in [0.25, 0.3) is 0 Å². The van der Waals surface area contributed by atoms with Crippen LogP contribution in [0.15, 0.2) is 24.3 Å². The first-order valence-corrected chi connectivity index (χ1v) is 5.53. The number of hydrogen-bond acceptors (Lipinski definition) is 2. The largest absolute Gasteiger partial charge is 0.392 e. The minimum Gasteiger partial charge on any atom is -0.392 e. The second-order valence-corrected chi connectivity index (χ2v) is 4.53. The Hall–Kier alpha value is -0.640. The fourth-order valence-corrected chi connectivity index (χ4v) is 1.54. The average Bonchev–Trinajstić information content (AvgIpc) is 2.20. The van der Waals surface area contributed by atoms with Crippen LogP contribution >= 0.6 is 23.8 Å². The normalized spacial score (nSPS) is 12.8. The van der Waals surface area contributed by atoms with E-state index in [2.05, 4.69) is 4.90 Å². The van der Waals surface area contributed by atoms with Gasteiger partial charge in [-0.2, -0.15) is 0 Å². The van der Waals surface area contributed by atoms with Crippen molar-refractivity contribution in [2.75, 3.05) is 7.05 Å². The number of hydrogen-bond donors (Lipinski definition) is 1. The zero-order valence-corrected chi connectivity index (χ0v) is 10.5. The van der Waals surface area contributed by atoms with Gasteiger partial charge in [-0.25, -0.2) is 0 Å². The Kier molecular flexibility index (Phi) is 4.51. The lowest BCUT2D eigenvalue weighted by atomic mass is 10.2. The van der Waals surface area contributed by atoms with Crippen molar-refractivity contribution in [2.45, 2.75) is 19.5 Å². The third kappa shape index (κ3) is 3.78. The molecule has 0 heterocycles. The first-order chi connectivity index (χ1) is 7.00. The monoisotopic (exact) mass is 242 g/mol. The summed E-state index contributed by atoms with van der Waals surface area (Å²) in [7, 11) is 2.00. The third-order valence-corrected chi connectivity index (χ3v) is 3.01. The first-order valence-electron chi connectivity index (χ1n) is 4.74. The van der Waals surface area contributed by atoms with Crippen molar-refractivity contribution < 1.29 is 0 Å². The molecule has 82 valence electrons. The second-order valence-electron chi connectivity index (χ2n) is 3.62. The summed E-state index contributed by atoms with van der Waals surface area (Å²) in [5.41, 5.74) is 6.78. The molecule has 0 fully saturated rings. The highest BCUT2D eigenvalue weighted by Gasteiger charge is 2.11. The molecule has 1 aromatic carbocycles. The molecule has 1 rings (SSSR count). The highest BCUT2D eigenvalue weighted by Crippen LogP contribution is 2.11. The van der Waals surface area contributed by atoms with Gasteiger partial charge in [-0.15, -0.1) is 0 Å². The number of benzene rings is 1. The lowest BCUT2D eigenvalue weighted by Crippen LogP contribution is -2.38. The van der Waals surface area contributed by atoms with Gasteiger partial charge in [0.15, 0.2) is 0 Å². The molecule has 1 unspecified atom stereocenters. The minimum absolute atomic E-state index is 0.107. The van der Waals surface area contributed by atoms with E-state index in [-0.39, 0.29) is 6.04 Å². The van der Waals surface area contributed by atoms with Gasteiger partial charge in [0.1, 0.15) is 0 Å². The molecule has 1 atom stereocenters. The van der Waals surface area contributed by atoms with Crippen LogP contribution in [0.2, 0.25) is 5.02 Å². The number of thiocarbonyl (C=S) groups is 1. The molecule has 15 heavy (non-hydrogen) atoms. The van der Waals surface area contributed by atoms with Gasteiger partial charge >= 0.3 is 0 Å². The zero-order valence-electron chi connectivity index (χ0n) is 8.90. The van der Waals surface area contributed by atoms with Crippen LogP contribution in [0, 0.1) is 0 Å². The van der Waals surface area contributed by atoms with Crippen molar-refractivity contribution >= 4 is 28.8 Å². The maximum atomic E-state index is 5.81. The van der Waals surface area contributed by atoms with Crippen molar-refractivity contribution in [3.05, 3.63) is 34.9 Å². The van der Waals surface area contributed by atoms with Gasteiger partial charge in [0.05, 0.1) is 11.0 Å². The highest BCUT2D eigenvalue weighted by atomic mass is 35.5. The van der Waals surface area contributed by atoms with Gasteiger partial charge in [0.2, 0.25) is 0 Å². The summed E-state index contributed by atoms with van der Waals surface area (Å²) < 4.78 is 0. The smallest absolute Gasteiger partial charge is 0.0899 e. The third-order valence-electron chi connectivity index (χ3n) is 2.42. The SMILES string of the molecule is CC(C(N)=S)N(C)Cc1ccc(Cl)cc1. The van der Waals surface area contributed by atoms with Gasteiger partial charge in [-0.05, 0) is 31.7 Å². The van der Waals surface area contributed by atoms with Gasteiger partial charge in [0, 0.05) is 11.6 Å². The van der Waals surface area contributed by atoms with Crippen molar-refractivity contribution in [3.63, 3.8) is 0 Å². The van der Waals surface area contributed by atoms with Crippen LogP contribution in [-0.2, 0) is 6.54 Å². The average molecular weight is 243 g/mol. The molecule has 0 aliphatic rings. The summed E-state index contributed by atoms with van der Waals surface area (Å²) >= 11 is 10.8. The van der Waals surface area contributed by atoms with Crippen LogP contribution in [0.3, 0.4) is 0 Å². The minimum atomic E-state index is 0.107. The Morgan fingerprint density at radius 3 is 2.47 bits per heavy atom. The molecular weight excluding hydrogens is 228 g/mol. The molecule has 2 N–H and O–H groups in total. The number of likely N-dealkylation sites (N-methyl/N-ethyl adjacent to an activating group) is 1. The lowest BCUT2D eigenvalue weighted by molar-refractivity contribution is 0.304. The molecule has 1 aromatic rings. The molecule has 0 spiro atoms. The van der Waals surface area contributed by atoms with E-state index in [1.807, 2.05) is 38.2 Å². The van der Waals surface area contributed by atoms with E-state index in [0.29, 0.717) is 4.99 Å². The summed E-state index contributed by atoms with van der Waals surface area (Å²) in [6.45, 7) is 2.81. The van der Waals surface area contributed by atoms with Gasteiger partial charge in [-0.1, -0.05) is 36.0 Å². The Labute approximate surface area is 101 Å². The summed E-state index contributed by atoms with van der Waals surface area (Å²) in [5, 5.41) is 0.754. The van der Waals surface area contributed by atoms with Crippen molar-refractivity contribution in [1.82, 2.24) is 4.90 Å². The Morgan fingerprint density at radius 2 is 2.00 bits per heavy atom. The number of nitrogens with zero attached hydrogens (tertiary/aromatic N) is 1. The molecular formula is C11H15ClN2S. The Balaban J connectivity index is 2.62. The maximum absolute atomic E-state index is 5.81. The van der Waals surface area contributed by atoms with E-state index in [0.717, 1.165) is 11.6 Å². The molecule has 4 heteroatoms. The van der Waals surface area contributed by atoms with Crippen LogP contribution in [-0.4, -0.2) is 23.0 Å². The van der Waals surface area contributed by atoms with Gasteiger partial charge in [-0.3, -0.25) is 4.90 Å².